The van der Waals surface area contributed by atoms with E-state index in [0.29, 0.717) is 19.4 Å². The van der Waals surface area contributed by atoms with Gasteiger partial charge in [-0.2, -0.15) is 4.31 Å². The van der Waals surface area contributed by atoms with E-state index >= 15 is 0 Å². The predicted molar refractivity (Wildman–Crippen MR) is 54.7 cm³/mol. The molecule has 1 aliphatic rings. The standard InChI is InChI=1S/C8H16N2O4S/c1-15(13,14)10-5-2-3-7(10)8(12)9-4-6-11/h7,11H,2-6H2,1H3,(H,9,12). The zero-order valence-corrected chi connectivity index (χ0v) is 9.46. The van der Waals surface area contributed by atoms with E-state index < -0.39 is 16.1 Å². The van der Waals surface area contributed by atoms with Crippen LogP contribution < -0.4 is 5.32 Å². The molecule has 0 aromatic heterocycles. The number of hydrogen-bond donors (Lipinski definition) is 2. The zero-order chi connectivity index (χ0) is 11.5. The summed E-state index contributed by atoms with van der Waals surface area (Å²) in [5.74, 6) is -0.327. The Balaban J connectivity index is 2.65. The highest BCUT2D eigenvalue weighted by Gasteiger charge is 2.35. The molecule has 1 unspecified atom stereocenters. The fourth-order valence-corrected chi connectivity index (χ4v) is 2.82. The number of carbonyl (C=O) groups excluding carboxylic acids is 1. The maximum atomic E-state index is 11.5. The third-order valence-electron chi connectivity index (χ3n) is 2.34. The Hall–Kier alpha value is -0.660. The van der Waals surface area contributed by atoms with Crippen LogP contribution >= 0.6 is 0 Å². The van der Waals surface area contributed by atoms with Gasteiger partial charge in [-0.15, -0.1) is 0 Å². The summed E-state index contributed by atoms with van der Waals surface area (Å²) in [6, 6.07) is -0.605. The van der Waals surface area contributed by atoms with Crippen LogP contribution in [0.1, 0.15) is 12.8 Å². The van der Waals surface area contributed by atoms with E-state index in [0.717, 1.165) is 6.26 Å². The molecule has 0 saturated carbocycles. The first-order valence-corrected chi connectivity index (χ1v) is 6.67. The molecule has 1 saturated heterocycles. The van der Waals surface area contributed by atoms with Crippen molar-refractivity contribution in [1.82, 2.24) is 9.62 Å². The van der Waals surface area contributed by atoms with Gasteiger partial charge in [0.1, 0.15) is 6.04 Å². The van der Waals surface area contributed by atoms with Crippen molar-refractivity contribution in [2.24, 2.45) is 0 Å². The molecule has 0 bridgehead atoms. The Morgan fingerprint density at radius 3 is 2.80 bits per heavy atom. The van der Waals surface area contributed by atoms with Crippen LogP contribution in [-0.4, -0.2) is 55.7 Å². The molecule has 1 heterocycles. The Morgan fingerprint density at radius 2 is 2.27 bits per heavy atom. The van der Waals surface area contributed by atoms with Crippen molar-refractivity contribution in [1.29, 1.82) is 0 Å². The summed E-state index contributed by atoms with van der Waals surface area (Å²) < 4.78 is 23.8. The molecule has 0 aliphatic carbocycles. The van der Waals surface area contributed by atoms with Crippen LogP contribution in [0.2, 0.25) is 0 Å². The highest BCUT2D eigenvalue weighted by molar-refractivity contribution is 7.88. The second kappa shape index (κ2) is 4.91. The third kappa shape index (κ3) is 3.15. The monoisotopic (exact) mass is 236 g/mol. The Morgan fingerprint density at radius 1 is 1.60 bits per heavy atom. The summed E-state index contributed by atoms with van der Waals surface area (Å²) in [5.41, 5.74) is 0. The van der Waals surface area contributed by atoms with Gasteiger partial charge in [0.2, 0.25) is 15.9 Å². The van der Waals surface area contributed by atoms with Gasteiger partial charge >= 0.3 is 0 Å². The van der Waals surface area contributed by atoms with Crippen LogP contribution in [0, 0.1) is 0 Å². The molecular weight excluding hydrogens is 220 g/mol. The Bertz CT molecular complexity index is 328. The predicted octanol–water partition coefficient (Wildman–Crippen LogP) is -1.48. The summed E-state index contributed by atoms with van der Waals surface area (Å²) in [7, 11) is -3.31. The fourth-order valence-electron chi connectivity index (χ4n) is 1.70. The molecule has 88 valence electrons. The van der Waals surface area contributed by atoms with E-state index in [2.05, 4.69) is 5.32 Å². The van der Waals surface area contributed by atoms with E-state index in [-0.39, 0.29) is 19.1 Å². The number of amides is 1. The molecule has 0 spiro atoms. The van der Waals surface area contributed by atoms with Crippen molar-refractivity contribution < 1.29 is 18.3 Å². The number of aliphatic hydroxyl groups is 1. The maximum absolute atomic E-state index is 11.5. The summed E-state index contributed by atoms with van der Waals surface area (Å²) in [6.45, 7) is 0.417. The van der Waals surface area contributed by atoms with Gasteiger partial charge in [-0.1, -0.05) is 0 Å². The maximum Gasteiger partial charge on any atom is 0.238 e. The molecule has 0 radical (unpaired) electrons. The molecule has 6 nitrogen and oxygen atoms in total. The van der Waals surface area contributed by atoms with E-state index in [1.54, 1.807) is 0 Å². The number of carbonyl (C=O) groups is 1. The van der Waals surface area contributed by atoms with E-state index in [1.807, 2.05) is 0 Å². The summed E-state index contributed by atoms with van der Waals surface area (Å²) in [5, 5.41) is 11.0. The molecular formula is C8H16N2O4S. The zero-order valence-electron chi connectivity index (χ0n) is 8.64. The Kier molecular flexibility index (Phi) is 4.06. The van der Waals surface area contributed by atoms with Crippen LogP contribution in [0.25, 0.3) is 0 Å². The first-order chi connectivity index (χ1) is 6.96. The lowest BCUT2D eigenvalue weighted by atomic mass is 10.2. The SMILES string of the molecule is CS(=O)(=O)N1CCCC1C(=O)NCCO. The topological polar surface area (TPSA) is 86.7 Å². The number of aliphatic hydroxyl groups excluding tert-OH is 1. The molecule has 2 N–H and O–H groups in total. The van der Waals surface area contributed by atoms with Crippen LogP contribution in [-0.2, 0) is 14.8 Å². The minimum Gasteiger partial charge on any atom is -0.395 e. The molecule has 1 amide bonds. The van der Waals surface area contributed by atoms with Crippen molar-refractivity contribution in [2.45, 2.75) is 18.9 Å². The lowest BCUT2D eigenvalue weighted by molar-refractivity contribution is -0.124. The number of sulfonamides is 1. The second-order valence-corrected chi connectivity index (χ2v) is 5.48. The van der Waals surface area contributed by atoms with Gasteiger partial charge in [0, 0.05) is 13.1 Å². The van der Waals surface area contributed by atoms with Crippen LogP contribution in [0.4, 0.5) is 0 Å². The molecule has 0 aromatic carbocycles. The lowest BCUT2D eigenvalue weighted by Crippen LogP contribution is -2.46. The molecule has 1 rings (SSSR count). The molecule has 0 aromatic rings. The number of hydrogen-bond acceptors (Lipinski definition) is 4. The highest BCUT2D eigenvalue weighted by atomic mass is 32.2. The molecule has 1 atom stereocenters. The van der Waals surface area contributed by atoms with E-state index in [9.17, 15) is 13.2 Å². The summed E-state index contributed by atoms with van der Waals surface area (Å²) in [6.07, 6.45) is 2.35. The highest BCUT2D eigenvalue weighted by Crippen LogP contribution is 2.20. The Labute approximate surface area is 89.3 Å². The van der Waals surface area contributed by atoms with Crippen LogP contribution in [0.5, 0.6) is 0 Å². The molecule has 1 fully saturated rings. The number of nitrogens with one attached hydrogen (secondary N) is 1. The van der Waals surface area contributed by atoms with Crippen molar-refractivity contribution >= 4 is 15.9 Å². The molecule has 1 aliphatic heterocycles. The summed E-state index contributed by atoms with van der Waals surface area (Å²) in [4.78, 5) is 11.5. The third-order valence-corrected chi connectivity index (χ3v) is 3.63. The van der Waals surface area contributed by atoms with Crippen molar-refractivity contribution in [2.75, 3.05) is 26.0 Å². The van der Waals surface area contributed by atoms with Crippen molar-refractivity contribution in [3.8, 4) is 0 Å². The van der Waals surface area contributed by atoms with Gasteiger partial charge in [0.05, 0.1) is 12.9 Å². The minimum atomic E-state index is -3.31. The average Bonchev–Trinajstić information content (AvgIpc) is 2.61. The van der Waals surface area contributed by atoms with Gasteiger partial charge in [0.15, 0.2) is 0 Å². The van der Waals surface area contributed by atoms with Gasteiger partial charge in [-0.3, -0.25) is 4.79 Å². The van der Waals surface area contributed by atoms with Crippen molar-refractivity contribution in [3.63, 3.8) is 0 Å². The molecule has 15 heavy (non-hydrogen) atoms. The summed E-state index contributed by atoms with van der Waals surface area (Å²) >= 11 is 0. The first-order valence-electron chi connectivity index (χ1n) is 4.82. The smallest absolute Gasteiger partial charge is 0.238 e. The lowest BCUT2D eigenvalue weighted by Gasteiger charge is -2.20. The molecule has 7 heteroatoms. The number of rotatable bonds is 4. The van der Waals surface area contributed by atoms with Gasteiger partial charge < -0.3 is 10.4 Å². The number of nitrogens with zero attached hydrogens (tertiary/aromatic N) is 1. The average molecular weight is 236 g/mol. The van der Waals surface area contributed by atoms with Crippen molar-refractivity contribution in [3.05, 3.63) is 0 Å². The van der Waals surface area contributed by atoms with E-state index in [4.69, 9.17) is 5.11 Å². The fraction of sp³-hybridized carbons (Fsp3) is 0.875. The van der Waals surface area contributed by atoms with Gasteiger partial charge in [-0.25, -0.2) is 8.42 Å². The van der Waals surface area contributed by atoms with E-state index in [1.165, 1.54) is 4.31 Å². The second-order valence-electron chi connectivity index (χ2n) is 3.55. The van der Waals surface area contributed by atoms with Gasteiger partial charge in [0.25, 0.3) is 0 Å². The minimum absolute atomic E-state index is 0.142. The van der Waals surface area contributed by atoms with Crippen LogP contribution in [0.3, 0.4) is 0 Å². The normalized spacial score (nSPS) is 22.9. The first kappa shape index (κ1) is 12.4. The quantitative estimate of drug-likeness (QED) is 0.623. The van der Waals surface area contributed by atoms with Crippen LogP contribution in [0.15, 0.2) is 0 Å². The van der Waals surface area contributed by atoms with Gasteiger partial charge in [-0.05, 0) is 12.8 Å². The largest absolute Gasteiger partial charge is 0.395 e.